The minimum atomic E-state index is -0.749. The molecule has 0 radical (unpaired) electrons. The molecule has 0 saturated heterocycles. The van der Waals surface area contributed by atoms with E-state index in [1.165, 1.54) is 26.4 Å². The van der Waals surface area contributed by atoms with E-state index in [9.17, 15) is 9.18 Å². The first-order valence-corrected chi connectivity index (χ1v) is 4.72. The third-order valence-electron chi connectivity index (χ3n) is 2.24. The van der Waals surface area contributed by atoms with Crippen molar-refractivity contribution < 1.29 is 18.7 Å². The molecule has 4 nitrogen and oxygen atoms in total. The summed E-state index contributed by atoms with van der Waals surface area (Å²) < 4.78 is 22.8. The van der Waals surface area contributed by atoms with E-state index >= 15 is 0 Å². The molecular weight excluding hydrogens is 213 g/mol. The third-order valence-corrected chi connectivity index (χ3v) is 2.24. The predicted octanol–water partition coefficient (Wildman–Crippen LogP) is 1.31. The largest absolute Gasteiger partial charge is 0.493 e. The molecule has 0 amide bonds. The van der Waals surface area contributed by atoms with E-state index in [4.69, 9.17) is 15.2 Å². The molecule has 0 spiro atoms. The zero-order chi connectivity index (χ0) is 12.1. The number of ether oxygens (including phenoxy) is 2. The van der Waals surface area contributed by atoms with Gasteiger partial charge < -0.3 is 15.2 Å². The number of Topliss-reactive ketones (excluding diaryl/α,β-unsaturated/α-hetero) is 1. The monoisotopic (exact) mass is 227 g/mol. The lowest BCUT2D eigenvalue weighted by atomic mass is 10.0. The number of nitrogens with two attached hydrogens (primary N) is 1. The Hall–Kier alpha value is -1.62. The van der Waals surface area contributed by atoms with E-state index in [1.54, 1.807) is 0 Å². The Balaban J connectivity index is 3.31. The van der Waals surface area contributed by atoms with Crippen LogP contribution in [0, 0.1) is 0 Å². The van der Waals surface area contributed by atoms with Crippen LogP contribution in [0.3, 0.4) is 0 Å². The Morgan fingerprint density at radius 1 is 1.31 bits per heavy atom. The molecule has 0 fully saturated rings. The third kappa shape index (κ3) is 2.30. The van der Waals surface area contributed by atoms with Crippen LogP contribution in [0.25, 0.3) is 0 Å². The van der Waals surface area contributed by atoms with Crippen molar-refractivity contribution in [1.82, 2.24) is 0 Å². The first-order chi connectivity index (χ1) is 7.67. The van der Waals surface area contributed by atoms with Crippen molar-refractivity contribution in [3.63, 3.8) is 0 Å². The standard InChI is InChI=1S/C11H14FNO3/c1-15-10-3-7(5-12)8(9(14)6-13)4-11(10)16-2/h3-4H,5-6,13H2,1-2H3. The molecular formula is C11H14FNO3. The summed E-state index contributed by atoms with van der Waals surface area (Å²) >= 11 is 0. The van der Waals surface area contributed by atoms with E-state index in [0.29, 0.717) is 11.5 Å². The summed E-state index contributed by atoms with van der Waals surface area (Å²) in [6.45, 7) is -0.913. The Labute approximate surface area is 93.2 Å². The Bertz CT molecular complexity index is 393. The van der Waals surface area contributed by atoms with Gasteiger partial charge in [0.05, 0.1) is 20.8 Å². The molecule has 0 atom stereocenters. The fourth-order valence-electron chi connectivity index (χ4n) is 1.40. The fraction of sp³-hybridized carbons (Fsp3) is 0.364. The summed E-state index contributed by atoms with van der Waals surface area (Å²) in [6.07, 6.45) is 0. The highest BCUT2D eigenvalue weighted by atomic mass is 19.1. The van der Waals surface area contributed by atoms with Gasteiger partial charge in [0.1, 0.15) is 6.67 Å². The quantitative estimate of drug-likeness (QED) is 0.770. The first kappa shape index (κ1) is 12.4. The van der Waals surface area contributed by atoms with Gasteiger partial charge in [-0.05, 0) is 17.7 Å². The molecule has 1 aromatic rings. The Morgan fingerprint density at radius 2 is 1.88 bits per heavy atom. The van der Waals surface area contributed by atoms with Crippen LogP contribution >= 0.6 is 0 Å². The van der Waals surface area contributed by atoms with Crippen molar-refractivity contribution in [2.24, 2.45) is 5.73 Å². The highest BCUT2D eigenvalue weighted by Crippen LogP contribution is 2.31. The molecule has 1 aromatic carbocycles. The zero-order valence-electron chi connectivity index (χ0n) is 9.25. The number of alkyl halides is 1. The molecule has 0 aliphatic heterocycles. The number of rotatable bonds is 5. The van der Waals surface area contributed by atoms with Crippen LogP contribution in [-0.4, -0.2) is 26.5 Å². The lowest BCUT2D eigenvalue weighted by molar-refractivity contribution is 0.0999. The van der Waals surface area contributed by atoms with Crippen molar-refractivity contribution in [1.29, 1.82) is 0 Å². The van der Waals surface area contributed by atoms with Crippen molar-refractivity contribution in [3.05, 3.63) is 23.3 Å². The smallest absolute Gasteiger partial charge is 0.176 e. The molecule has 0 bridgehead atoms. The molecule has 2 N–H and O–H groups in total. The molecule has 0 aliphatic carbocycles. The maximum absolute atomic E-state index is 12.7. The van der Waals surface area contributed by atoms with Gasteiger partial charge in [-0.25, -0.2) is 4.39 Å². The number of benzene rings is 1. The molecule has 1 rings (SSSR count). The molecule has 0 aromatic heterocycles. The number of carbonyl (C=O) groups excluding carboxylic acids is 1. The fourth-order valence-corrected chi connectivity index (χ4v) is 1.40. The van der Waals surface area contributed by atoms with E-state index in [1.807, 2.05) is 0 Å². The average Bonchev–Trinajstić information content (AvgIpc) is 2.35. The van der Waals surface area contributed by atoms with Crippen LogP contribution in [-0.2, 0) is 6.67 Å². The van der Waals surface area contributed by atoms with Crippen molar-refractivity contribution in [3.8, 4) is 11.5 Å². The number of hydrogen-bond donors (Lipinski definition) is 1. The second kappa shape index (κ2) is 5.46. The minimum absolute atomic E-state index is 0.164. The number of carbonyl (C=O) groups is 1. The molecule has 5 heteroatoms. The van der Waals surface area contributed by atoms with Gasteiger partial charge in [-0.1, -0.05) is 0 Å². The minimum Gasteiger partial charge on any atom is -0.493 e. The van der Waals surface area contributed by atoms with E-state index in [-0.39, 0.29) is 23.5 Å². The number of halogens is 1. The normalized spacial score (nSPS) is 10.0. The summed E-state index contributed by atoms with van der Waals surface area (Å²) in [5, 5.41) is 0. The van der Waals surface area contributed by atoms with Gasteiger partial charge in [0.2, 0.25) is 0 Å². The van der Waals surface area contributed by atoms with Gasteiger partial charge in [0.25, 0.3) is 0 Å². The number of hydrogen-bond acceptors (Lipinski definition) is 4. The van der Waals surface area contributed by atoms with Crippen LogP contribution in [0.5, 0.6) is 11.5 Å². The highest BCUT2D eigenvalue weighted by Gasteiger charge is 2.15. The van der Waals surface area contributed by atoms with E-state index < -0.39 is 6.67 Å². The van der Waals surface area contributed by atoms with Gasteiger partial charge in [0, 0.05) is 5.56 Å². The summed E-state index contributed by atoms with van der Waals surface area (Å²) in [5.41, 5.74) is 5.74. The van der Waals surface area contributed by atoms with E-state index in [0.717, 1.165) is 0 Å². The van der Waals surface area contributed by atoms with E-state index in [2.05, 4.69) is 0 Å². The van der Waals surface area contributed by atoms with Crippen LogP contribution in [0.4, 0.5) is 4.39 Å². The van der Waals surface area contributed by atoms with Crippen molar-refractivity contribution in [2.45, 2.75) is 6.67 Å². The molecule has 16 heavy (non-hydrogen) atoms. The van der Waals surface area contributed by atoms with Crippen molar-refractivity contribution >= 4 is 5.78 Å². The summed E-state index contributed by atoms with van der Waals surface area (Å²) in [6, 6.07) is 2.89. The van der Waals surface area contributed by atoms with Crippen LogP contribution in [0.1, 0.15) is 15.9 Å². The summed E-state index contributed by atoms with van der Waals surface area (Å²) in [5.74, 6) is 0.453. The summed E-state index contributed by atoms with van der Waals surface area (Å²) in [4.78, 5) is 11.5. The SMILES string of the molecule is COc1cc(CF)c(C(=O)CN)cc1OC. The molecule has 0 aliphatic rings. The zero-order valence-corrected chi connectivity index (χ0v) is 9.25. The topological polar surface area (TPSA) is 61.5 Å². The molecule has 88 valence electrons. The van der Waals surface area contributed by atoms with Gasteiger partial charge in [-0.3, -0.25) is 4.79 Å². The maximum Gasteiger partial charge on any atom is 0.176 e. The van der Waals surface area contributed by atoms with Gasteiger partial charge in [0.15, 0.2) is 17.3 Å². The number of ketones is 1. The summed E-state index contributed by atoms with van der Waals surface area (Å²) in [7, 11) is 2.90. The van der Waals surface area contributed by atoms with Gasteiger partial charge >= 0.3 is 0 Å². The molecule has 0 unspecified atom stereocenters. The van der Waals surface area contributed by atoms with Gasteiger partial charge in [-0.15, -0.1) is 0 Å². The lowest BCUT2D eigenvalue weighted by Crippen LogP contribution is -2.15. The predicted molar refractivity (Wildman–Crippen MR) is 57.7 cm³/mol. The second-order valence-corrected chi connectivity index (χ2v) is 3.13. The van der Waals surface area contributed by atoms with Crippen LogP contribution < -0.4 is 15.2 Å². The second-order valence-electron chi connectivity index (χ2n) is 3.13. The lowest BCUT2D eigenvalue weighted by Gasteiger charge is -2.12. The Kier molecular flexibility index (Phi) is 4.25. The van der Waals surface area contributed by atoms with Gasteiger partial charge in [-0.2, -0.15) is 0 Å². The van der Waals surface area contributed by atoms with Crippen molar-refractivity contribution in [2.75, 3.05) is 20.8 Å². The average molecular weight is 227 g/mol. The van der Waals surface area contributed by atoms with Crippen LogP contribution in [0.2, 0.25) is 0 Å². The Morgan fingerprint density at radius 3 is 2.31 bits per heavy atom. The molecule has 0 saturated carbocycles. The first-order valence-electron chi connectivity index (χ1n) is 4.72. The molecule has 0 heterocycles. The van der Waals surface area contributed by atoms with Crippen LogP contribution in [0.15, 0.2) is 12.1 Å². The highest BCUT2D eigenvalue weighted by molar-refractivity contribution is 5.99. The maximum atomic E-state index is 12.7. The number of methoxy groups -OCH3 is 2.